The maximum absolute atomic E-state index is 11.8. The Labute approximate surface area is 119 Å². The third kappa shape index (κ3) is 5.30. The Kier molecular flexibility index (Phi) is 6.95. The number of hydrogen-bond donors (Lipinski definition) is 1. The molecule has 0 aliphatic carbocycles. The quantitative estimate of drug-likeness (QED) is 0.275. The van der Waals surface area contributed by atoms with Crippen LogP contribution in [0, 0.1) is 0 Å². The summed E-state index contributed by atoms with van der Waals surface area (Å²) in [6, 6.07) is 6.94. The first kappa shape index (κ1) is 15.5. The van der Waals surface area contributed by atoms with Gasteiger partial charge in [-0.3, -0.25) is 0 Å². The standard InChI is InChI=1S/C12H15BrN4O2/c1-19-12(18)11(15-6-3-7-16-17-14)9-4-2-5-10(13)8-9/h2,4-5,8,11,15H,3,6-7H2,1H3. The third-order valence-electron chi connectivity index (χ3n) is 2.47. The zero-order valence-electron chi connectivity index (χ0n) is 10.5. The fourth-order valence-corrected chi connectivity index (χ4v) is 2.00. The molecular weight excluding hydrogens is 312 g/mol. The zero-order valence-corrected chi connectivity index (χ0v) is 12.1. The lowest BCUT2D eigenvalue weighted by Gasteiger charge is -2.16. The van der Waals surface area contributed by atoms with Crippen molar-refractivity contribution in [1.82, 2.24) is 5.32 Å². The van der Waals surface area contributed by atoms with E-state index in [4.69, 9.17) is 10.3 Å². The lowest BCUT2D eigenvalue weighted by Crippen LogP contribution is -2.30. The average molecular weight is 327 g/mol. The van der Waals surface area contributed by atoms with Crippen LogP contribution in [0.25, 0.3) is 10.4 Å². The fraction of sp³-hybridized carbons (Fsp3) is 0.417. The maximum atomic E-state index is 11.8. The molecule has 0 saturated carbocycles. The first-order valence-electron chi connectivity index (χ1n) is 5.76. The van der Waals surface area contributed by atoms with E-state index in [1.807, 2.05) is 24.3 Å². The molecule has 0 bridgehead atoms. The van der Waals surface area contributed by atoms with Crippen molar-refractivity contribution in [2.75, 3.05) is 20.2 Å². The number of azide groups is 1. The van der Waals surface area contributed by atoms with Crippen molar-refractivity contribution in [2.45, 2.75) is 12.5 Å². The Hall–Kier alpha value is -1.56. The summed E-state index contributed by atoms with van der Waals surface area (Å²) < 4.78 is 5.68. The molecule has 1 N–H and O–H groups in total. The molecule has 1 rings (SSSR count). The number of methoxy groups -OCH3 is 1. The van der Waals surface area contributed by atoms with Crippen molar-refractivity contribution in [3.63, 3.8) is 0 Å². The van der Waals surface area contributed by atoms with E-state index in [1.165, 1.54) is 7.11 Å². The van der Waals surface area contributed by atoms with Gasteiger partial charge in [0.2, 0.25) is 0 Å². The predicted molar refractivity (Wildman–Crippen MR) is 75.5 cm³/mol. The molecule has 1 aromatic carbocycles. The molecule has 0 aliphatic heterocycles. The van der Waals surface area contributed by atoms with Gasteiger partial charge in [0.05, 0.1) is 7.11 Å². The maximum Gasteiger partial charge on any atom is 0.327 e. The number of carbonyl (C=O) groups is 1. The van der Waals surface area contributed by atoms with E-state index in [0.29, 0.717) is 19.5 Å². The molecule has 0 spiro atoms. The van der Waals surface area contributed by atoms with Gasteiger partial charge < -0.3 is 10.1 Å². The van der Waals surface area contributed by atoms with Gasteiger partial charge in [-0.15, -0.1) is 0 Å². The Morgan fingerprint density at radius 1 is 1.63 bits per heavy atom. The summed E-state index contributed by atoms with van der Waals surface area (Å²) in [5, 5.41) is 6.53. The van der Waals surface area contributed by atoms with Crippen LogP contribution in [-0.4, -0.2) is 26.2 Å². The van der Waals surface area contributed by atoms with Crippen molar-refractivity contribution in [3.05, 3.63) is 44.7 Å². The number of carbonyl (C=O) groups excluding carboxylic acids is 1. The number of hydrogen-bond acceptors (Lipinski definition) is 4. The second kappa shape index (κ2) is 8.53. The number of nitrogens with one attached hydrogen (secondary N) is 1. The van der Waals surface area contributed by atoms with Crippen LogP contribution in [0.1, 0.15) is 18.0 Å². The number of halogens is 1. The van der Waals surface area contributed by atoms with Crippen LogP contribution >= 0.6 is 15.9 Å². The van der Waals surface area contributed by atoms with E-state index in [2.05, 4.69) is 31.3 Å². The van der Waals surface area contributed by atoms with Crippen molar-refractivity contribution >= 4 is 21.9 Å². The van der Waals surface area contributed by atoms with Crippen LogP contribution in [0.3, 0.4) is 0 Å². The second-order valence-corrected chi connectivity index (χ2v) is 4.69. The molecule has 0 amide bonds. The highest BCUT2D eigenvalue weighted by Gasteiger charge is 2.20. The summed E-state index contributed by atoms with van der Waals surface area (Å²) in [6.45, 7) is 0.960. The third-order valence-corrected chi connectivity index (χ3v) is 2.96. The Morgan fingerprint density at radius 3 is 3.05 bits per heavy atom. The van der Waals surface area contributed by atoms with Crippen LogP contribution in [0.2, 0.25) is 0 Å². The highest BCUT2D eigenvalue weighted by atomic mass is 79.9. The summed E-state index contributed by atoms with van der Waals surface area (Å²) in [5.41, 5.74) is 8.99. The molecule has 0 heterocycles. The molecule has 1 atom stereocenters. The van der Waals surface area contributed by atoms with E-state index in [9.17, 15) is 4.79 Å². The summed E-state index contributed by atoms with van der Waals surface area (Å²) in [7, 11) is 1.36. The highest BCUT2D eigenvalue weighted by molar-refractivity contribution is 9.10. The van der Waals surface area contributed by atoms with Crippen LogP contribution in [-0.2, 0) is 9.53 Å². The molecule has 0 aliphatic rings. The van der Waals surface area contributed by atoms with Gasteiger partial charge in [0, 0.05) is 15.9 Å². The summed E-state index contributed by atoms with van der Waals surface area (Å²) in [6.07, 6.45) is 0.658. The van der Waals surface area contributed by atoms with E-state index in [1.54, 1.807) is 0 Å². The molecule has 0 aromatic heterocycles. The zero-order chi connectivity index (χ0) is 14.1. The lowest BCUT2D eigenvalue weighted by molar-refractivity contribution is -0.143. The van der Waals surface area contributed by atoms with Gasteiger partial charge in [-0.1, -0.05) is 33.2 Å². The monoisotopic (exact) mass is 326 g/mol. The molecule has 0 fully saturated rings. The van der Waals surface area contributed by atoms with Crippen molar-refractivity contribution in [2.24, 2.45) is 5.11 Å². The molecule has 0 radical (unpaired) electrons. The minimum Gasteiger partial charge on any atom is -0.468 e. The normalized spacial score (nSPS) is 11.5. The molecule has 1 unspecified atom stereocenters. The highest BCUT2D eigenvalue weighted by Crippen LogP contribution is 2.19. The molecular formula is C12H15BrN4O2. The first-order chi connectivity index (χ1) is 9.19. The second-order valence-electron chi connectivity index (χ2n) is 3.77. The molecule has 0 saturated heterocycles. The average Bonchev–Trinajstić information content (AvgIpc) is 2.42. The van der Waals surface area contributed by atoms with E-state index >= 15 is 0 Å². The van der Waals surface area contributed by atoms with Crippen LogP contribution in [0.4, 0.5) is 0 Å². The Balaban J connectivity index is 2.67. The number of esters is 1. The summed E-state index contributed by atoms with van der Waals surface area (Å²) in [4.78, 5) is 14.4. The van der Waals surface area contributed by atoms with Crippen LogP contribution in [0.5, 0.6) is 0 Å². The largest absolute Gasteiger partial charge is 0.468 e. The first-order valence-corrected chi connectivity index (χ1v) is 6.56. The predicted octanol–water partition coefficient (Wildman–Crippen LogP) is 2.95. The van der Waals surface area contributed by atoms with Crippen molar-refractivity contribution in [3.8, 4) is 0 Å². The van der Waals surface area contributed by atoms with E-state index in [0.717, 1.165) is 10.0 Å². The minimum absolute atomic E-state index is 0.345. The van der Waals surface area contributed by atoms with Gasteiger partial charge in [-0.2, -0.15) is 0 Å². The number of benzene rings is 1. The smallest absolute Gasteiger partial charge is 0.327 e. The molecule has 6 nitrogen and oxygen atoms in total. The SMILES string of the molecule is COC(=O)C(NCCCN=[N+]=[N-])c1cccc(Br)c1. The van der Waals surface area contributed by atoms with Gasteiger partial charge in [-0.25, -0.2) is 4.79 Å². The molecule has 7 heteroatoms. The van der Waals surface area contributed by atoms with E-state index in [-0.39, 0.29) is 5.97 Å². The van der Waals surface area contributed by atoms with Gasteiger partial charge in [0.25, 0.3) is 0 Å². The lowest BCUT2D eigenvalue weighted by atomic mass is 10.1. The van der Waals surface area contributed by atoms with Crippen molar-refractivity contribution < 1.29 is 9.53 Å². The Bertz CT molecular complexity index is 475. The Morgan fingerprint density at radius 2 is 2.42 bits per heavy atom. The number of rotatable bonds is 7. The van der Waals surface area contributed by atoms with Gasteiger partial charge >= 0.3 is 5.97 Å². The molecule has 102 valence electrons. The molecule has 1 aromatic rings. The topological polar surface area (TPSA) is 87.1 Å². The minimum atomic E-state index is -0.520. The number of ether oxygens (including phenoxy) is 1. The molecule has 19 heavy (non-hydrogen) atoms. The van der Waals surface area contributed by atoms with Gasteiger partial charge in [0.1, 0.15) is 6.04 Å². The van der Waals surface area contributed by atoms with Gasteiger partial charge in [-0.05, 0) is 36.2 Å². The number of nitrogens with zero attached hydrogens (tertiary/aromatic N) is 3. The van der Waals surface area contributed by atoms with E-state index < -0.39 is 6.04 Å². The van der Waals surface area contributed by atoms with Crippen LogP contribution < -0.4 is 5.32 Å². The summed E-state index contributed by atoms with van der Waals surface area (Å²) >= 11 is 3.37. The van der Waals surface area contributed by atoms with Crippen LogP contribution in [0.15, 0.2) is 33.9 Å². The fourth-order valence-electron chi connectivity index (χ4n) is 1.58. The summed E-state index contributed by atoms with van der Waals surface area (Å²) in [5.74, 6) is -0.345. The van der Waals surface area contributed by atoms with Gasteiger partial charge in [0.15, 0.2) is 0 Å². The van der Waals surface area contributed by atoms with Crippen molar-refractivity contribution in [1.29, 1.82) is 0 Å².